The van der Waals surface area contributed by atoms with Gasteiger partial charge >= 0.3 is 11.9 Å². The van der Waals surface area contributed by atoms with Crippen molar-refractivity contribution in [2.24, 2.45) is 0 Å². The van der Waals surface area contributed by atoms with E-state index in [1.165, 1.54) is 6.92 Å². The maximum Gasteiger partial charge on any atom is 0.344 e. The van der Waals surface area contributed by atoms with Crippen molar-refractivity contribution in [3.8, 4) is 0 Å². The van der Waals surface area contributed by atoms with Gasteiger partial charge in [0.15, 0.2) is 0 Å². The van der Waals surface area contributed by atoms with Gasteiger partial charge in [0.25, 0.3) is 0 Å². The van der Waals surface area contributed by atoms with E-state index < -0.39 is 11.9 Å². The lowest BCUT2D eigenvalue weighted by Crippen LogP contribution is -2.08. The smallest absolute Gasteiger partial charge is 0.344 e. The van der Waals surface area contributed by atoms with Gasteiger partial charge in [0.2, 0.25) is 0 Å². The number of carbonyl (C=O) groups excluding carboxylic acids is 2. The second-order valence-electron chi connectivity index (χ2n) is 3.38. The Morgan fingerprint density at radius 2 is 2.00 bits per heavy atom. The summed E-state index contributed by atoms with van der Waals surface area (Å²) in [6.07, 6.45) is 1.15. The molecule has 0 aliphatic carbocycles. The molecule has 0 N–H and O–H groups in total. The third-order valence-electron chi connectivity index (χ3n) is 1.96. The van der Waals surface area contributed by atoms with Gasteiger partial charge in [-0.15, -0.1) is 0 Å². The Hall–Kier alpha value is -1.37. The van der Waals surface area contributed by atoms with Crippen molar-refractivity contribution in [1.29, 1.82) is 0 Å². The molecular formula is C13H13IO4. The second-order valence-corrected chi connectivity index (χ2v) is 4.54. The molecule has 0 saturated heterocycles. The molecule has 96 valence electrons. The number of allylic oxidation sites excluding steroid dienone is 1. The zero-order valence-electron chi connectivity index (χ0n) is 10.1. The van der Waals surface area contributed by atoms with Crippen molar-refractivity contribution >= 4 is 34.5 Å². The summed E-state index contributed by atoms with van der Waals surface area (Å²) in [5.74, 6) is -0.804. The minimum atomic E-state index is -0.523. The van der Waals surface area contributed by atoms with Gasteiger partial charge in [-0.25, -0.2) is 9.59 Å². The molecule has 5 heteroatoms. The van der Waals surface area contributed by atoms with Crippen LogP contribution < -0.4 is 0 Å². The van der Waals surface area contributed by atoms with E-state index >= 15 is 0 Å². The first kappa shape index (κ1) is 14.7. The van der Waals surface area contributed by atoms with E-state index in [4.69, 9.17) is 9.47 Å². The molecule has 0 unspecified atom stereocenters. The van der Waals surface area contributed by atoms with Crippen molar-refractivity contribution < 1.29 is 19.1 Å². The fraction of sp³-hybridized carbons (Fsp3) is 0.231. The number of rotatable bonds is 4. The molecule has 0 spiro atoms. The molecule has 0 aromatic heterocycles. The monoisotopic (exact) mass is 360 g/mol. The molecule has 0 heterocycles. The van der Waals surface area contributed by atoms with Crippen LogP contribution in [0.3, 0.4) is 0 Å². The van der Waals surface area contributed by atoms with E-state index in [2.05, 4.69) is 0 Å². The zero-order valence-corrected chi connectivity index (χ0v) is 12.3. The number of benzene rings is 1. The van der Waals surface area contributed by atoms with Gasteiger partial charge in [-0.3, -0.25) is 0 Å². The largest absolute Gasteiger partial charge is 0.463 e. The molecule has 1 aromatic carbocycles. The van der Waals surface area contributed by atoms with Crippen LogP contribution in [0.15, 0.2) is 36.1 Å². The van der Waals surface area contributed by atoms with E-state index in [1.807, 2.05) is 34.7 Å². The maximum atomic E-state index is 11.8. The van der Waals surface area contributed by atoms with Crippen molar-refractivity contribution in [2.75, 3.05) is 6.61 Å². The van der Waals surface area contributed by atoms with Crippen molar-refractivity contribution in [3.63, 3.8) is 0 Å². The van der Waals surface area contributed by atoms with Gasteiger partial charge in [-0.05, 0) is 48.6 Å². The van der Waals surface area contributed by atoms with Crippen LogP contribution in [0, 0.1) is 3.57 Å². The summed E-state index contributed by atoms with van der Waals surface area (Å²) in [6, 6.07) is 7.06. The van der Waals surface area contributed by atoms with Gasteiger partial charge in [-0.1, -0.05) is 12.1 Å². The Balaban J connectivity index is 2.71. The molecule has 0 aliphatic rings. The first-order valence-corrected chi connectivity index (χ1v) is 6.44. The van der Waals surface area contributed by atoms with Gasteiger partial charge in [0.05, 0.1) is 18.2 Å². The van der Waals surface area contributed by atoms with Gasteiger partial charge in [-0.2, -0.15) is 0 Å². The van der Waals surface area contributed by atoms with Crippen LogP contribution in [0.25, 0.3) is 0 Å². The Morgan fingerprint density at radius 1 is 1.33 bits per heavy atom. The Morgan fingerprint density at radius 3 is 2.61 bits per heavy atom. The highest BCUT2D eigenvalue weighted by Gasteiger charge is 2.12. The number of carbonyl (C=O) groups is 2. The van der Waals surface area contributed by atoms with Crippen molar-refractivity contribution in [3.05, 3.63) is 45.2 Å². The quantitative estimate of drug-likeness (QED) is 0.359. The van der Waals surface area contributed by atoms with Crippen molar-refractivity contribution in [2.45, 2.75) is 13.8 Å². The normalized spacial score (nSPS) is 10.9. The average Bonchev–Trinajstić information content (AvgIpc) is 2.29. The molecule has 18 heavy (non-hydrogen) atoms. The summed E-state index contributed by atoms with van der Waals surface area (Å²) in [6.45, 7) is 3.52. The van der Waals surface area contributed by atoms with E-state index in [-0.39, 0.29) is 12.4 Å². The topological polar surface area (TPSA) is 52.6 Å². The molecule has 1 rings (SSSR count). The Labute approximate surface area is 119 Å². The molecule has 0 amide bonds. The van der Waals surface area contributed by atoms with Crippen LogP contribution in [0.2, 0.25) is 0 Å². The minimum absolute atomic E-state index is 0.207. The third-order valence-corrected chi connectivity index (χ3v) is 2.90. The van der Waals surface area contributed by atoms with E-state index in [0.717, 1.165) is 9.65 Å². The minimum Gasteiger partial charge on any atom is -0.463 e. The number of ether oxygens (including phenoxy) is 2. The average molecular weight is 360 g/mol. The van der Waals surface area contributed by atoms with Crippen LogP contribution >= 0.6 is 22.6 Å². The zero-order chi connectivity index (χ0) is 13.5. The Bertz CT molecular complexity index is 480. The van der Waals surface area contributed by atoms with Crippen LogP contribution in [0.4, 0.5) is 0 Å². The first-order chi connectivity index (χ1) is 8.54. The third kappa shape index (κ3) is 4.48. The lowest BCUT2D eigenvalue weighted by Gasteiger charge is -2.05. The van der Waals surface area contributed by atoms with E-state index in [0.29, 0.717) is 5.56 Å². The standard InChI is InChI=1S/C13H13IO4/c1-3-17-12(15)8-9(2)18-13(16)10-6-4-5-7-11(10)14/h4-8H,3H2,1-2H3/b9-8+. The summed E-state index contributed by atoms with van der Waals surface area (Å²) in [4.78, 5) is 22.9. The first-order valence-electron chi connectivity index (χ1n) is 5.36. The molecule has 1 aromatic rings. The summed E-state index contributed by atoms with van der Waals surface area (Å²) < 4.78 is 10.6. The van der Waals surface area contributed by atoms with Crippen molar-refractivity contribution in [1.82, 2.24) is 0 Å². The fourth-order valence-electron chi connectivity index (χ4n) is 1.21. The lowest BCUT2D eigenvalue weighted by atomic mass is 10.2. The van der Waals surface area contributed by atoms with Crippen LogP contribution in [0.5, 0.6) is 0 Å². The Kier molecular flexibility index (Phi) is 5.84. The lowest BCUT2D eigenvalue weighted by molar-refractivity contribution is -0.137. The predicted octanol–water partition coefficient (Wildman–Crippen LogP) is 2.91. The van der Waals surface area contributed by atoms with Gasteiger partial charge < -0.3 is 9.47 Å². The number of hydrogen-bond donors (Lipinski definition) is 0. The molecule has 0 aliphatic heterocycles. The highest BCUT2D eigenvalue weighted by Crippen LogP contribution is 2.14. The second kappa shape index (κ2) is 7.15. The molecule has 0 saturated carbocycles. The summed E-state index contributed by atoms with van der Waals surface area (Å²) in [7, 11) is 0. The highest BCUT2D eigenvalue weighted by molar-refractivity contribution is 14.1. The summed E-state index contributed by atoms with van der Waals surface area (Å²) >= 11 is 2.05. The van der Waals surface area contributed by atoms with Crippen LogP contribution in [-0.2, 0) is 14.3 Å². The maximum absolute atomic E-state index is 11.8. The molecule has 0 fully saturated rings. The molecule has 4 nitrogen and oxygen atoms in total. The van der Waals surface area contributed by atoms with Gasteiger partial charge in [0, 0.05) is 3.57 Å². The molecule has 0 bridgehead atoms. The fourth-order valence-corrected chi connectivity index (χ4v) is 1.81. The predicted molar refractivity (Wildman–Crippen MR) is 75.0 cm³/mol. The van der Waals surface area contributed by atoms with Crippen LogP contribution in [0.1, 0.15) is 24.2 Å². The number of hydrogen-bond acceptors (Lipinski definition) is 4. The molecule has 0 atom stereocenters. The van der Waals surface area contributed by atoms with Crippen LogP contribution in [-0.4, -0.2) is 18.5 Å². The molecular weight excluding hydrogens is 347 g/mol. The number of esters is 2. The summed E-state index contributed by atoms with van der Waals surface area (Å²) in [5.41, 5.74) is 0.467. The van der Waals surface area contributed by atoms with E-state index in [9.17, 15) is 9.59 Å². The number of halogens is 1. The molecule has 0 radical (unpaired) electrons. The highest BCUT2D eigenvalue weighted by atomic mass is 127. The SMILES string of the molecule is CCOC(=O)/C=C(\C)OC(=O)c1ccccc1I. The van der Waals surface area contributed by atoms with Gasteiger partial charge in [0.1, 0.15) is 5.76 Å². The van der Waals surface area contributed by atoms with E-state index in [1.54, 1.807) is 19.1 Å². The summed E-state index contributed by atoms with van der Waals surface area (Å²) in [5, 5.41) is 0.